The molecule has 0 aliphatic carbocycles. The maximum absolute atomic E-state index is 10.8. The molecule has 0 bridgehead atoms. The quantitative estimate of drug-likeness (QED) is 0.359. The first kappa shape index (κ1) is 12.9. The Kier molecular flexibility index (Phi) is 5.81. The molecular weight excluding hydrogens is 274 g/mol. The van der Waals surface area contributed by atoms with E-state index in [1.165, 1.54) is 0 Å². The van der Waals surface area contributed by atoms with Crippen molar-refractivity contribution in [3.05, 3.63) is 22.9 Å². The fraction of sp³-hybridized carbons (Fsp3) is 0.400. The van der Waals surface area contributed by atoms with Crippen molar-refractivity contribution in [1.29, 1.82) is 0 Å². The summed E-state index contributed by atoms with van der Waals surface area (Å²) < 4.78 is 6.33. The largest absolute Gasteiger partial charge is 0.492 e. The van der Waals surface area contributed by atoms with Gasteiger partial charge in [-0.05, 0) is 34.8 Å². The van der Waals surface area contributed by atoms with Crippen molar-refractivity contribution in [2.75, 3.05) is 6.61 Å². The zero-order valence-electron chi connectivity index (χ0n) is 8.78. The first-order chi connectivity index (χ1) is 7.72. The van der Waals surface area contributed by atoms with Crippen LogP contribution in [0.5, 0.6) is 5.75 Å². The van der Waals surface area contributed by atoms with Crippen LogP contribution in [-0.4, -0.2) is 17.5 Å². The number of pyridine rings is 1. The second-order valence-electron chi connectivity index (χ2n) is 3.21. The third-order valence-electron chi connectivity index (χ3n) is 1.91. The lowest BCUT2D eigenvalue weighted by molar-refractivity contribution is -0.121. The number of halogens is 1. The Morgan fingerprint density at radius 3 is 3.00 bits per heavy atom. The van der Waals surface area contributed by atoms with Crippen molar-refractivity contribution in [3.8, 4) is 5.75 Å². The van der Waals surface area contributed by atoms with Crippen molar-refractivity contribution in [3.63, 3.8) is 0 Å². The summed E-state index contributed by atoms with van der Waals surface area (Å²) in [6, 6.07) is 1.85. The second-order valence-corrected chi connectivity index (χ2v) is 4.13. The smallest absolute Gasteiger partial charge is 0.233 e. The average molecular weight is 288 g/mol. The van der Waals surface area contributed by atoms with E-state index in [0.717, 1.165) is 23.1 Å². The molecule has 0 aliphatic rings. The van der Waals surface area contributed by atoms with Gasteiger partial charge in [0.1, 0.15) is 5.75 Å². The Balaban J connectivity index is 2.14. The highest BCUT2D eigenvalue weighted by Gasteiger charge is 1.99. The van der Waals surface area contributed by atoms with Crippen molar-refractivity contribution < 1.29 is 9.53 Å². The molecule has 0 atom stereocenters. The predicted molar refractivity (Wildman–Crippen MR) is 63.6 cm³/mol. The van der Waals surface area contributed by atoms with E-state index in [4.69, 9.17) is 10.6 Å². The van der Waals surface area contributed by atoms with Crippen LogP contribution >= 0.6 is 15.9 Å². The molecule has 5 nitrogen and oxygen atoms in total. The molecule has 1 amide bonds. The summed E-state index contributed by atoms with van der Waals surface area (Å²) in [4.78, 5) is 14.8. The molecule has 1 rings (SSSR count). The van der Waals surface area contributed by atoms with Crippen molar-refractivity contribution in [2.24, 2.45) is 5.84 Å². The highest BCUT2D eigenvalue weighted by Crippen LogP contribution is 2.15. The molecule has 1 aromatic rings. The van der Waals surface area contributed by atoms with E-state index in [1.54, 1.807) is 12.4 Å². The van der Waals surface area contributed by atoms with Crippen LogP contribution in [0.25, 0.3) is 0 Å². The number of aromatic nitrogens is 1. The van der Waals surface area contributed by atoms with Gasteiger partial charge in [-0.1, -0.05) is 0 Å². The molecule has 88 valence electrons. The maximum atomic E-state index is 10.8. The van der Waals surface area contributed by atoms with Gasteiger partial charge in [0.05, 0.1) is 12.8 Å². The number of nitrogens with one attached hydrogen (secondary N) is 1. The van der Waals surface area contributed by atoms with Crippen LogP contribution < -0.4 is 16.0 Å². The third kappa shape index (κ3) is 5.09. The topological polar surface area (TPSA) is 77.2 Å². The van der Waals surface area contributed by atoms with Crippen molar-refractivity contribution in [2.45, 2.75) is 19.3 Å². The molecule has 0 unspecified atom stereocenters. The third-order valence-corrected chi connectivity index (χ3v) is 2.34. The van der Waals surface area contributed by atoms with E-state index in [0.29, 0.717) is 13.0 Å². The van der Waals surface area contributed by atoms with Gasteiger partial charge in [0, 0.05) is 17.1 Å². The average Bonchev–Trinajstić information content (AvgIpc) is 2.28. The first-order valence-corrected chi connectivity index (χ1v) is 5.74. The Bertz CT molecular complexity index is 347. The molecule has 0 saturated carbocycles. The number of hydrogen-bond acceptors (Lipinski definition) is 4. The molecule has 0 spiro atoms. The fourth-order valence-corrected chi connectivity index (χ4v) is 1.46. The summed E-state index contributed by atoms with van der Waals surface area (Å²) in [5, 5.41) is 0. The first-order valence-electron chi connectivity index (χ1n) is 4.95. The van der Waals surface area contributed by atoms with Crippen LogP contribution in [0.4, 0.5) is 0 Å². The van der Waals surface area contributed by atoms with E-state index in [1.807, 2.05) is 6.07 Å². The molecular formula is C10H14BrN3O2. The van der Waals surface area contributed by atoms with Crippen LogP contribution in [0, 0.1) is 0 Å². The summed E-state index contributed by atoms with van der Waals surface area (Å²) in [5.41, 5.74) is 2.09. The van der Waals surface area contributed by atoms with Crippen LogP contribution in [0.2, 0.25) is 0 Å². The van der Waals surface area contributed by atoms with E-state index in [9.17, 15) is 4.79 Å². The van der Waals surface area contributed by atoms with Gasteiger partial charge in [-0.3, -0.25) is 15.2 Å². The lowest BCUT2D eigenvalue weighted by Gasteiger charge is -2.05. The zero-order chi connectivity index (χ0) is 11.8. The molecule has 6 heteroatoms. The lowest BCUT2D eigenvalue weighted by atomic mass is 10.2. The molecule has 0 fully saturated rings. The monoisotopic (exact) mass is 287 g/mol. The number of amides is 1. The second kappa shape index (κ2) is 7.19. The van der Waals surface area contributed by atoms with E-state index in [-0.39, 0.29) is 5.91 Å². The Labute approximate surface area is 102 Å². The van der Waals surface area contributed by atoms with E-state index >= 15 is 0 Å². The normalized spacial score (nSPS) is 9.88. The summed E-state index contributed by atoms with van der Waals surface area (Å²) in [6.45, 7) is 0.565. The van der Waals surface area contributed by atoms with Crippen molar-refractivity contribution in [1.82, 2.24) is 10.4 Å². The van der Waals surface area contributed by atoms with E-state index < -0.39 is 0 Å². The SMILES string of the molecule is NNC(=O)CCCCOc1cncc(Br)c1. The minimum Gasteiger partial charge on any atom is -0.492 e. The molecule has 3 N–H and O–H groups in total. The van der Waals surface area contributed by atoms with Gasteiger partial charge in [0.15, 0.2) is 0 Å². The molecule has 0 aromatic carbocycles. The van der Waals surface area contributed by atoms with Gasteiger partial charge in [-0.2, -0.15) is 0 Å². The summed E-state index contributed by atoms with van der Waals surface area (Å²) in [6.07, 6.45) is 5.33. The Morgan fingerprint density at radius 1 is 1.50 bits per heavy atom. The number of carbonyl (C=O) groups excluding carboxylic acids is 1. The van der Waals surface area contributed by atoms with Crippen molar-refractivity contribution >= 4 is 21.8 Å². The maximum Gasteiger partial charge on any atom is 0.233 e. The van der Waals surface area contributed by atoms with Crippen LogP contribution in [0.1, 0.15) is 19.3 Å². The summed E-state index contributed by atoms with van der Waals surface area (Å²) in [7, 11) is 0. The highest BCUT2D eigenvalue weighted by molar-refractivity contribution is 9.10. The zero-order valence-corrected chi connectivity index (χ0v) is 10.4. The fourth-order valence-electron chi connectivity index (χ4n) is 1.12. The number of hydrogen-bond donors (Lipinski definition) is 2. The van der Waals surface area contributed by atoms with Gasteiger partial charge in [-0.25, -0.2) is 5.84 Å². The number of carbonyl (C=O) groups is 1. The van der Waals surface area contributed by atoms with Crippen LogP contribution in [-0.2, 0) is 4.79 Å². The standard InChI is InChI=1S/C10H14BrN3O2/c11-8-5-9(7-13-6-8)16-4-2-1-3-10(15)14-12/h5-7H,1-4,12H2,(H,14,15). The van der Waals surface area contributed by atoms with Gasteiger partial charge in [-0.15, -0.1) is 0 Å². The molecule has 1 heterocycles. The predicted octanol–water partition coefficient (Wildman–Crippen LogP) is 1.38. The summed E-state index contributed by atoms with van der Waals surface area (Å²) in [5.74, 6) is 5.52. The summed E-state index contributed by atoms with van der Waals surface area (Å²) >= 11 is 3.30. The Hall–Kier alpha value is -1.14. The van der Waals surface area contributed by atoms with Gasteiger partial charge in [0.2, 0.25) is 5.91 Å². The lowest BCUT2D eigenvalue weighted by Crippen LogP contribution is -2.29. The molecule has 16 heavy (non-hydrogen) atoms. The van der Waals surface area contributed by atoms with Gasteiger partial charge < -0.3 is 4.74 Å². The molecule has 0 saturated heterocycles. The molecule has 0 aliphatic heterocycles. The van der Waals surface area contributed by atoms with Crippen LogP contribution in [0.3, 0.4) is 0 Å². The number of nitrogens with two attached hydrogens (primary N) is 1. The number of hydrazine groups is 1. The number of unbranched alkanes of at least 4 members (excludes halogenated alkanes) is 1. The molecule has 0 radical (unpaired) electrons. The van der Waals surface area contributed by atoms with Crippen LogP contribution in [0.15, 0.2) is 22.9 Å². The van der Waals surface area contributed by atoms with Gasteiger partial charge >= 0.3 is 0 Å². The van der Waals surface area contributed by atoms with E-state index in [2.05, 4.69) is 26.3 Å². The number of rotatable bonds is 6. The highest BCUT2D eigenvalue weighted by atomic mass is 79.9. The minimum atomic E-state index is -0.149. The molecule has 1 aromatic heterocycles. The number of ether oxygens (including phenoxy) is 1. The minimum absolute atomic E-state index is 0.149. The number of nitrogens with zero attached hydrogens (tertiary/aromatic N) is 1. The van der Waals surface area contributed by atoms with Gasteiger partial charge in [0.25, 0.3) is 0 Å². The Morgan fingerprint density at radius 2 is 2.31 bits per heavy atom.